The van der Waals surface area contributed by atoms with Gasteiger partial charge >= 0.3 is 0 Å². The third kappa shape index (κ3) is 2.20. The predicted molar refractivity (Wildman–Crippen MR) is 53.4 cm³/mol. The molecule has 1 rings (SSSR count). The summed E-state index contributed by atoms with van der Waals surface area (Å²) >= 11 is 0. The summed E-state index contributed by atoms with van der Waals surface area (Å²) in [5.74, 6) is 0. The third-order valence-corrected chi connectivity index (χ3v) is 3.17. The van der Waals surface area contributed by atoms with E-state index in [2.05, 4.69) is 31.1 Å². The van der Waals surface area contributed by atoms with Crippen LogP contribution in [-0.2, 0) is 0 Å². The van der Waals surface area contributed by atoms with Crippen molar-refractivity contribution in [3.05, 3.63) is 0 Å². The second-order valence-electron chi connectivity index (χ2n) is 4.17. The molecular weight excluding hydrogens is 148 g/mol. The fourth-order valence-corrected chi connectivity index (χ4v) is 2.04. The van der Waals surface area contributed by atoms with Crippen LogP contribution >= 0.6 is 0 Å². The van der Waals surface area contributed by atoms with Gasteiger partial charge in [-0.15, -0.1) is 0 Å². The van der Waals surface area contributed by atoms with Gasteiger partial charge in [0, 0.05) is 18.6 Å². The topological polar surface area (TPSA) is 15.3 Å². The van der Waals surface area contributed by atoms with Gasteiger partial charge < -0.3 is 5.32 Å². The van der Waals surface area contributed by atoms with Crippen LogP contribution in [0.25, 0.3) is 0 Å². The summed E-state index contributed by atoms with van der Waals surface area (Å²) < 4.78 is 0. The highest BCUT2D eigenvalue weighted by atomic mass is 15.2. The van der Waals surface area contributed by atoms with Crippen LogP contribution in [0.2, 0.25) is 0 Å². The molecule has 1 fully saturated rings. The molecule has 2 heteroatoms. The molecule has 0 aliphatic carbocycles. The third-order valence-electron chi connectivity index (χ3n) is 3.17. The van der Waals surface area contributed by atoms with Crippen LogP contribution in [0.5, 0.6) is 0 Å². The SMILES string of the molecule is CCCC1(C)CCNCCN1C. The lowest BCUT2D eigenvalue weighted by Crippen LogP contribution is -2.43. The van der Waals surface area contributed by atoms with Crippen LogP contribution in [-0.4, -0.2) is 37.1 Å². The van der Waals surface area contributed by atoms with Crippen molar-refractivity contribution in [2.45, 2.75) is 38.6 Å². The smallest absolute Gasteiger partial charge is 0.0190 e. The summed E-state index contributed by atoms with van der Waals surface area (Å²) in [5, 5.41) is 3.45. The first-order valence-corrected chi connectivity index (χ1v) is 5.11. The molecule has 1 aliphatic rings. The van der Waals surface area contributed by atoms with E-state index in [1.807, 2.05) is 0 Å². The van der Waals surface area contributed by atoms with Gasteiger partial charge in [0.2, 0.25) is 0 Å². The Kier molecular flexibility index (Phi) is 3.53. The van der Waals surface area contributed by atoms with Crippen molar-refractivity contribution < 1.29 is 0 Å². The van der Waals surface area contributed by atoms with Gasteiger partial charge in [-0.3, -0.25) is 4.90 Å². The molecule has 0 bridgehead atoms. The molecule has 0 saturated carbocycles. The van der Waals surface area contributed by atoms with Gasteiger partial charge in [-0.2, -0.15) is 0 Å². The number of hydrogen-bond donors (Lipinski definition) is 1. The fourth-order valence-electron chi connectivity index (χ4n) is 2.04. The van der Waals surface area contributed by atoms with E-state index in [0.717, 1.165) is 6.54 Å². The molecule has 1 aliphatic heterocycles. The minimum atomic E-state index is 0.443. The number of nitrogens with one attached hydrogen (secondary N) is 1. The van der Waals surface area contributed by atoms with E-state index in [4.69, 9.17) is 0 Å². The Labute approximate surface area is 76.3 Å². The maximum absolute atomic E-state index is 3.45. The van der Waals surface area contributed by atoms with E-state index in [1.165, 1.54) is 32.4 Å². The molecule has 12 heavy (non-hydrogen) atoms. The highest BCUT2D eigenvalue weighted by Gasteiger charge is 2.28. The van der Waals surface area contributed by atoms with Gasteiger partial charge in [0.25, 0.3) is 0 Å². The Morgan fingerprint density at radius 1 is 1.42 bits per heavy atom. The maximum Gasteiger partial charge on any atom is 0.0190 e. The molecule has 0 aromatic rings. The molecule has 1 unspecified atom stereocenters. The number of hydrogen-bond acceptors (Lipinski definition) is 2. The summed E-state index contributed by atoms with van der Waals surface area (Å²) in [6.45, 7) is 8.19. The van der Waals surface area contributed by atoms with E-state index < -0.39 is 0 Å². The van der Waals surface area contributed by atoms with Crippen LogP contribution in [0, 0.1) is 0 Å². The van der Waals surface area contributed by atoms with Crippen LogP contribution in [0.1, 0.15) is 33.1 Å². The Bertz CT molecular complexity index is 136. The lowest BCUT2D eigenvalue weighted by Gasteiger charge is -2.37. The molecule has 2 nitrogen and oxygen atoms in total. The normalized spacial score (nSPS) is 33.2. The first-order chi connectivity index (χ1) is 5.69. The molecule has 1 atom stereocenters. The van der Waals surface area contributed by atoms with Crippen molar-refractivity contribution in [3.8, 4) is 0 Å². The average Bonchev–Trinajstić information content (AvgIpc) is 2.17. The molecular formula is C10H22N2. The van der Waals surface area contributed by atoms with Gasteiger partial charge in [0.1, 0.15) is 0 Å². The molecule has 0 radical (unpaired) electrons. The summed E-state index contributed by atoms with van der Waals surface area (Å²) in [4.78, 5) is 2.51. The second-order valence-corrected chi connectivity index (χ2v) is 4.17. The minimum absolute atomic E-state index is 0.443. The molecule has 0 aromatic heterocycles. The second kappa shape index (κ2) is 4.24. The van der Waals surface area contributed by atoms with Gasteiger partial charge in [-0.05, 0) is 33.4 Å². The molecule has 0 amide bonds. The van der Waals surface area contributed by atoms with Crippen molar-refractivity contribution in [2.24, 2.45) is 0 Å². The fraction of sp³-hybridized carbons (Fsp3) is 1.00. The number of rotatable bonds is 2. The van der Waals surface area contributed by atoms with Crippen LogP contribution in [0.3, 0.4) is 0 Å². The summed E-state index contributed by atoms with van der Waals surface area (Å²) in [5.41, 5.74) is 0.443. The molecule has 0 aromatic carbocycles. The molecule has 72 valence electrons. The van der Waals surface area contributed by atoms with E-state index in [-0.39, 0.29) is 0 Å². The molecule has 1 heterocycles. The largest absolute Gasteiger partial charge is 0.315 e. The van der Waals surface area contributed by atoms with E-state index in [0.29, 0.717) is 5.54 Å². The molecule has 1 saturated heterocycles. The number of likely N-dealkylation sites (N-methyl/N-ethyl adjacent to an activating group) is 1. The zero-order valence-corrected chi connectivity index (χ0v) is 8.69. The van der Waals surface area contributed by atoms with E-state index in [9.17, 15) is 0 Å². The lowest BCUT2D eigenvalue weighted by atomic mass is 9.91. The van der Waals surface area contributed by atoms with E-state index >= 15 is 0 Å². The lowest BCUT2D eigenvalue weighted by molar-refractivity contribution is 0.133. The van der Waals surface area contributed by atoms with Gasteiger partial charge in [-0.1, -0.05) is 13.3 Å². The van der Waals surface area contributed by atoms with Crippen molar-refractivity contribution in [1.29, 1.82) is 0 Å². The Balaban J connectivity index is 2.55. The van der Waals surface area contributed by atoms with Crippen LogP contribution < -0.4 is 5.32 Å². The monoisotopic (exact) mass is 170 g/mol. The van der Waals surface area contributed by atoms with Crippen molar-refractivity contribution in [2.75, 3.05) is 26.7 Å². The standard InChI is InChI=1S/C10H22N2/c1-4-5-10(2)6-7-11-8-9-12(10)3/h11H,4-9H2,1-3H3. The summed E-state index contributed by atoms with van der Waals surface area (Å²) in [7, 11) is 2.25. The zero-order chi connectivity index (χ0) is 9.03. The Morgan fingerprint density at radius 2 is 2.17 bits per heavy atom. The highest BCUT2D eigenvalue weighted by molar-refractivity contribution is 4.87. The quantitative estimate of drug-likeness (QED) is 0.675. The van der Waals surface area contributed by atoms with Crippen molar-refractivity contribution >= 4 is 0 Å². The first kappa shape index (κ1) is 10.0. The maximum atomic E-state index is 3.45. The van der Waals surface area contributed by atoms with Gasteiger partial charge in [0.05, 0.1) is 0 Å². The van der Waals surface area contributed by atoms with Crippen molar-refractivity contribution in [3.63, 3.8) is 0 Å². The highest BCUT2D eigenvalue weighted by Crippen LogP contribution is 2.24. The predicted octanol–water partition coefficient (Wildman–Crippen LogP) is 1.47. The van der Waals surface area contributed by atoms with Crippen LogP contribution in [0.15, 0.2) is 0 Å². The molecule has 1 N–H and O–H groups in total. The van der Waals surface area contributed by atoms with Gasteiger partial charge in [-0.25, -0.2) is 0 Å². The number of nitrogens with zero attached hydrogens (tertiary/aromatic N) is 1. The van der Waals surface area contributed by atoms with Gasteiger partial charge in [0.15, 0.2) is 0 Å². The first-order valence-electron chi connectivity index (χ1n) is 5.11. The van der Waals surface area contributed by atoms with E-state index in [1.54, 1.807) is 0 Å². The molecule has 0 spiro atoms. The summed E-state index contributed by atoms with van der Waals surface area (Å²) in [6, 6.07) is 0. The van der Waals surface area contributed by atoms with Crippen molar-refractivity contribution in [1.82, 2.24) is 10.2 Å². The van der Waals surface area contributed by atoms with Crippen LogP contribution in [0.4, 0.5) is 0 Å². The Hall–Kier alpha value is -0.0800. The minimum Gasteiger partial charge on any atom is -0.315 e. The average molecular weight is 170 g/mol. The summed E-state index contributed by atoms with van der Waals surface area (Å²) in [6.07, 6.45) is 3.91. The zero-order valence-electron chi connectivity index (χ0n) is 8.69. The Morgan fingerprint density at radius 3 is 2.83 bits per heavy atom.